The standard InChI is InChI=1S/C21H30BrN4O5S/c1-14(21(23)28)2-5-20(27)25-15-8-11-26(13-15)32(29,30)17-3-4-19(18(22)12-17)31-16-6-9-24-10-7-16/h3-5,12,14-16,24H,2,6-11,13H2,1H3,(H2,23,28)(H,25,27)/t14-,15+/m0/s1. The van der Waals surface area contributed by atoms with E-state index in [4.69, 9.17) is 10.5 Å². The van der Waals surface area contributed by atoms with Gasteiger partial charge in [-0.1, -0.05) is 6.92 Å². The maximum absolute atomic E-state index is 13.1. The van der Waals surface area contributed by atoms with Gasteiger partial charge in [-0.15, -0.1) is 0 Å². The first-order valence-corrected chi connectivity index (χ1v) is 13.0. The van der Waals surface area contributed by atoms with E-state index in [-0.39, 0.29) is 35.9 Å². The first kappa shape index (κ1) is 24.9. The first-order chi connectivity index (χ1) is 15.2. The monoisotopic (exact) mass is 529 g/mol. The lowest BCUT2D eigenvalue weighted by molar-refractivity contribution is -0.121. The van der Waals surface area contributed by atoms with Crippen molar-refractivity contribution < 1.29 is 22.7 Å². The molecule has 1 radical (unpaired) electrons. The number of sulfonamides is 1. The molecule has 0 unspecified atom stereocenters. The number of primary amides is 1. The summed E-state index contributed by atoms with van der Waals surface area (Å²) in [6, 6.07) is 4.52. The number of carbonyl (C=O) groups excluding carboxylic acids is 2. The summed E-state index contributed by atoms with van der Waals surface area (Å²) in [4.78, 5) is 23.3. The maximum Gasteiger partial charge on any atom is 0.243 e. The summed E-state index contributed by atoms with van der Waals surface area (Å²) in [5.41, 5.74) is 5.20. The fourth-order valence-electron chi connectivity index (χ4n) is 3.70. The quantitative estimate of drug-likeness (QED) is 0.440. The highest BCUT2D eigenvalue weighted by Gasteiger charge is 2.33. The number of rotatable bonds is 9. The molecule has 32 heavy (non-hydrogen) atoms. The Bertz CT molecular complexity index is 936. The Balaban J connectivity index is 1.56. The molecule has 3 rings (SSSR count). The first-order valence-electron chi connectivity index (χ1n) is 10.8. The van der Waals surface area contributed by atoms with Crippen LogP contribution in [0.1, 0.15) is 32.6 Å². The van der Waals surface area contributed by atoms with E-state index in [0.717, 1.165) is 25.9 Å². The molecule has 4 N–H and O–H groups in total. The Kier molecular flexibility index (Phi) is 8.54. The van der Waals surface area contributed by atoms with E-state index in [0.29, 0.717) is 23.2 Å². The van der Waals surface area contributed by atoms with E-state index in [1.54, 1.807) is 25.1 Å². The number of hydrogen-bond donors (Lipinski definition) is 3. The Hall–Kier alpha value is -1.69. The molecule has 0 bridgehead atoms. The summed E-state index contributed by atoms with van der Waals surface area (Å²) in [6.07, 6.45) is 4.07. The SMILES string of the molecule is C[C@@H](C[CH]C(=O)N[C@@H]1CCN(S(=O)(=O)c2ccc(OC3CCNCC3)c(Br)c2)C1)C(N)=O. The van der Waals surface area contributed by atoms with Crippen LogP contribution in [-0.2, 0) is 19.6 Å². The van der Waals surface area contributed by atoms with E-state index in [1.165, 1.54) is 10.7 Å². The topological polar surface area (TPSA) is 131 Å². The number of amides is 2. The molecule has 2 amide bonds. The van der Waals surface area contributed by atoms with Crippen molar-refractivity contribution >= 4 is 37.8 Å². The number of benzene rings is 1. The van der Waals surface area contributed by atoms with Crippen LogP contribution in [0.4, 0.5) is 0 Å². The molecule has 11 heteroatoms. The zero-order chi connectivity index (χ0) is 23.3. The average molecular weight is 530 g/mol. The van der Waals surface area contributed by atoms with Gasteiger partial charge in [-0.3, -0.25) is 9.59 Å². The van der Waals surface area contributed by atoms with E-state index < -0.39 is 21.8 Å². The van der Waals surface area contributed by atoms with Crippen LogP contribution in [0.5, 0.6) is 5.75 Å². The smallest absolute Gasteiger partial charge is 0.243 e. The van der Waals surface area contributed by atoms with Crippen LogP contribution >= 0.6 is 15.9 Å². The maximum atomic E-state index is 13.1. The highest BCUT2D eigenvalue weighted by atomic mass is 79.9. The van der Waals surface area contributed by atoms with Crippen molar-refractivity contribution in [2.75, 3.05) is 26.2 Å². The van der Waals surface area contributed by atoms with Gasteiger partial charge in [0.05, 0.1) is 15.8 Å². The summed E-state index contributed by atoms with van der Waals surface area (Å²) in [5.74, 6) is -0.598. The van der Waals surface area contributed by atoms with Crippen molar-refractivity contribution in [2.24, 2.45) is 11.7 Å². The minimum absolute atomic E-state index is 0.112. The number of carbonyl (C=O) groups is 2. The number of nitrogens with zero attached hydrogens (tertiary/aromatic N) is 1. The van der Waals surface area contributed by atoms with Crippen LogP contribution < -0.4 is 21.1 Å². The Morgan fingerprint density at radius 2 is 2.06 bits per heavy atom. The minimum Gasteiger partial charge on any atom is -0.489 e. The summed E-state index contributed by atoms with van der Waals surface area (Å²) in [7, 11) is -3.70. The number of piperidine rings is 1. The third kappa shape index (κ3) is 6.43. The molecule has 0 aromatic heterocycles. The van der Waals surface area contributed by atoms with Crippen molar-refractivity contribution in [3.05, 3.63) is 29.1 Å². The summed E-state index contributed by atoms with van der Waals surface area (Å²) >= 11 is 3.44. The van der Waals surface area contributed by atoms with E-state index in [1.807, 2.05) is 0 Å². The van der Waals surface area contributed by atoms with Gasteiger partial charge < -0.3 is 21.1 Å². The lowest BCUT2D eigenvalue weighted by Crippen LogP contribution is -2.39. The largest absolute Gasteiger partial charge is 0.489 e. The highest BCUT2D eigenvalue weighted by Crippen LogP contribution is 2.31. The van der Waals surface area contributed by atoms with Crippen molar-refractivity contribution in [1.82, 2.24) is 14.9 Å². The van der Waals surface area contributed by atoms with E-state index >= 15 is 0 Å². The molecule has 1 aromatic rings. The number of nitrogens with two attached hydrogens (primary N) is 1. The van der Waals surface area contributed by atoms with Crippen LogP contribution in [0.25, 0.3) is 0 Å². The lowest BCUT2D eigenvalue weighted by Gasteiger charge is -2.24. The van der Waals surface area contributed by atoms with Gasteiger partial charge in [-0.05, 0) is 72.9 Å². The van der Waals surface area contributed by atoms with Gasteiger partial charge in [0.25, 0.3) is 0 Å². The van der Waals surface area contributed by atoms with Gasteiger partial charge in [-0.25, -0.2) is 8.42 Å². The van der Waals surface area contributed by atoms with Crippen LogP contribution in [-0.4, -0.2) is 62.9 Å². The van der Waals surface area contributed by atoms with Gasteiger partial charge in [0.15, 0.2) is 0 Å². The molecule has 2 fully saturated rings. The summed E-state index contributed by atoms with van der Waals surface area (Å²) < 4.78 is 34.2. The van der Waals surface area contributed by atoms with Crippen molar-refractivity contribution in [3.8, 4) is 5.75 Å². The second-order valence-electron chi connectivity index (χ2n) is 8.26. The Labute approximate surface area is 197 Å². The molecule has 2 aliphatic heterocycles. The molecule has 2 saturated heterocycles. The zero-order valence-corrected chi connectivity index (χ0v) is 20.5. The Morgan fingerprint density at radius 3 is 2.72 bits per heavy atom. The molecule has 0 spiro atoms. The van der Waals surface area contributed by atoms with Crippen LogP contribution in [0.3, 0.4) is 0 Å². The molecule has 0 saturated carbocycles. The second kappa shape index (κ2) is 11.0. The minimum atomic E-state index is -3.70. The van der Waals surface area contributed by atoms with Crippen molar-refractivity contribution in [3.63, 3.8) is 0 Å². The number of nitrogens with one attached hydrogen (secondary N) is 2. The second-order valence-corrected chi connectivity index (χ2v) is 11.1. The van der Waals surface area contributed by atoms with Gasteiger partial charge in [-0.2, -0.15) is 4.31 Å². The van der Waals surface area contributed by atoms with E-state index in [9.17, 15) is 18.0 Å². The molecular formula is C21H30BrN4O5S. The summed E-state index contributed by atoms with van der Waals surface area (Å²) in [5, 5.41) is 6.09. The van der Waals surface area contributed by atoms with Gasteiger partial charge >= 0.3 is 0 Å². The van der Waals surface area contributed by atoms with Crippen LogP contribution in [0, 0.1) is 12.3 Å². The fourth-order valence-corrected chi connectivity index (χ4v) is 5.85. The van der Waals surface area contributed by atoms with Crippen molar-refractivity contribution in [1.29, 1.82) is 0 Å². The number of hydrogen-bond acceptors (Lipinski definition) is 6. The normalized spacial score (nSPS) is 21.2. The molecule has 1 aromatic carbocycles. The fraction of sp³-hybridized carbons (Fsp3) is 0.571. The third-order valence-electron chi connectivity index (χ3n) is 5.76. The predicted octanol–water partition coefficient (Wildman–Crippen LogP) is 1.17. The summed E-state index contributed by atoms with van der Waals surface area (Å²) in [6.45, 7) is 3.97. The Morgan fingerprint density at radius 1 is 1.34 bits per heavy atom. The third-order valence-corrected chi connectivity index (χ3v) is 8.24. The molecular weight excluding hydrogens is 500 g/mol. The number of ether oxygens (including phenoxy) is 1. The molecule has 2 aliphatic rings. The molecule has 2 atom stereocenters. The van der Waals surface area contributed by atoms with E-state index in [2.05, 4.69) is 26.6 Å². The lowest BCUT2D eigenvalue weighted by atomic mass is 10.0. The molecule has 177 valence electrons. The van der Waals surface area contributed by atoms with Gasteiger partial charge in [0.1, 0.15) is 11.9 Å². The van der Waals surface area contributed by atoms with Gasteiger partial charge in [0.2, 0.25) is 21.8 Å². The molecule has 9 nitrogen and oxygen atoms in total. The molecule has 2 heterocycles. The zero-order valence-electron chi connectivity index (χ0n) is 18.1. The predicted molar refractivity (Wildman–Crippen MR) is 123 cm³/mol. The number of halogens is 1. The highest BCUT2D eigenvalue weighted by molar-refractivity contribution is 9.10. The van der Waals surface area contributed by atoms with Gasteiger partial charge in [0, 0.05) is 25.0 Å². The van der Waals surface area contributed by atoms with Crippen molar-refractivity contribution in [2.45, 2.75) is 49.6 Å². The van der Waals surface area contributed by atoms with Crippen LogP contribution in [0.15, 0.2) is 27.6 Å². The molecule has 0 aliphatic carbocycles. The average Bonchev–Trinajstić information content (AvgIpc) is 3.23. The van der Waals surface area contributed by atoms with Crippen LogP contribution in [0.2, 0.25) is 0 Å².